The molecule has 0 bridgehead atoms. The van der Waals surface area contributed by atoms with Crippen molar-refractivity contribution < 1.29 is 9.63 Å². The van der Waals surface area contributed by atoms with Crippen LogP contribution in [0.2, 0.25) is 0 Å². The molecule has 0 aliphatic rings. The minimum absolute atomic E-state index is 0.586. The van der Waals surface area contributed by atoms with Crippen molar-refractivity contribution >= 4 is 40.1 Å². The van der Waals surface area contributed by atoms with Gasteiger partial charge in [0, 0.05) is 9.26 Å². The first-order chi connectivity index (χ1) is 7.08. The number of rotatable bonds is 2. The number of oxime groups is 1. The van der Waals surface area contributed by atoms with Gasteiger partial charge in [-0.05, 0) is 60.7 Å². The highest BCUT2D eigenvalue weighted by Crippen LogP contribution is 2.11. The quantitative estimate of drug-likeness (QED) is 0.394. The molecule has 0 saturated heterocycles. The predicted octanol–water partition coefficient (Wildman–Crippen LogP) is 3.24. The van der Waals surface area contributed by atoms with Gasteiger partial charge in [0.1, 0.15) is 0 Å². The Morgan fingerprint density at radius 3 is 2.47 bits per heavy atom. The van der Waals surface area contributed by atoms with E-state index in [1.165, 1.54) is 0 Å². The van der Waals surface area contributed by atoms with Gasteiger partial charge in [0.05, 0.1) is 5.71 Å². The summed E-state index contributed by atoms with van der Waals surface area (Å²) < 4.78 is 1.11. The second kappa shape index (κ2) is 5.69. The number of amides is 1. The van der Waals surface area contributed by atoms with Crippen molar-refractivity contribution in [2.45, 2.75) is 13.8 Å². The number of hydrogen-bond donors (Lipinski definition) is 1. The average Bonchev–Trinajstić information content (AvgIpc) is 2.19. The Balaban J connectivity index is 2.51. The normalized spacial score (nSPS) is 9.27. The van der Waals surface area contributed by atoms with E-state index in [1.807, 2.05) is 12.1 Å². The van der Waals surface area contributed by atoms with E-state index in [4.69, 9.17) is 0 Å². The summed E-state index contributed by atoms with van der Waals surface area (Å²) >= 11 is 2.19. The van der Waals surface area contributed by atoms with E-state index in [9.17, 15) is 4.79 Å². The molecule has 0 atom stereocenters. The Hall–Kier alpha value is -1.11. The third kappa shape index (κ3) is 4.78. The van der Waals surface area contributed by atoms with Gasteiger partial charge in [-0.2, -0.15) is 0 Å². The van der Waals surface area contributed by atoms with E-state index in [0.717, 1.165) is 3.57 Å². The number of nitrogens with zero attached hydrogens (tertiary/aromatic N) is 1. The molecule has 1 amide bonds. The summed E-state index contributed by atoms with van der Waals surface area (Å²) in [6.07, 6.45) is -0.586. The lowest BCUT2D eigenvalue weighted by molar-refractivity contribution is 0.166. The molecule has 1 aromatic carbocycles. The van der Waals surface area contributed by atoms with Gasteiger partial charge >= 0.3 is 6.09 Å². The molecule has 0 saturated carbocycles. The summed E-state index contributed by atoms with van der Waals surface area (Å²) in [4.78, 5) is 15.7. The Kier molecular flexibility index (Phi) is 4.54. The summed E-state index contributed by atoms with van der Waals surface area (Å²) in [5.41, 5.74) is 1.37. The first-order valence-electron chi connectivity index (χ1n) is 4.32. The van der Waals surface area contributed by atoms with E-state index in [1.54, 1.807) is 26.0 Å². The number of hydrogen-bond acceptors (Lipinski definition) is 3. The van der Waals surface area contributed by atoms with E-state index in [2.05, 4.69) is 37.9 Å². The molecule has 0 aliphatic carbocycles. The van der Waals surface area contributed by atoms with Crippen LogP contribution in [-0.4, -0.2) is 11.8 Å². The van der Waals surface area contributed by atoms with Crippen LogP contribution in [0.15, 0.2) is 29.4 Å². The number of anilines is 1. The van der Waals surface area contributed by atoms with Crippen LogP contribution in [0.3, 0.4) is 0 Å². The molecule has 80 valence electrons. The predicted molar refractivity (Wildman–Crippen MR) is 68.0 cm³/mol. The monoisotopic (exact) mass is 318 g/mol. The van der Waals surface area contributed by atoms with Crippen LogP contribution >= 0.6 is 22.6 Å². The molecule has 0 unspecified atom stereocenters. The van der Waals surface area contributed by atoms with E-state index in [0.29, 0.717) is 11.4 Å². The molecular weight excluding hydrogens is 307 g/mol. The second-order valence-electron chi connectivity index (χ2n) is 3.05. The van der Waals surface area contributed by atoms with E-state index >= 15 is 0 Å². The minimum Gasteiger partial charge on any atom is -0.298 e. The molecular formula is C10H11IN2O2. The number of halogens is 1. The zero-order valence-corrected chi connectivity index (χ0v) is 10.6. The van der Waals surface area contributed by atoms with Crippen LogP contribution in [-0.2, 0) is 4.84 Å². The first kappa shape index (κ1) is 12.0. The number of benzene rings is 1. The fourth-order valence-corrected chi connectivity index (χ4v) is 1.17. The molecule has 4 nitrogen and oxygen atoms in total. The van der Waals surface area contributed by atoms with Gasteiger partial charge in [0.25, 0.3) is 0 Å². The molecule has 1 rings (SSSR count). The highest BCUT2D eigenvalue weighted by atomic mass is 127. The van der Waals surface area contributed by atoms with Gasteiger partial charge in [-0.1, -0.05) is 5.16 Å². The Morgan fingerprint density at radius 1 is 1.33 bits per heavy atom. The number of carbonyl (C=O) groups is 1. The van der Waals surface area contributed by atoms with Crippen LogP contribution < -0.4 is 5.32 Å². The summed E-state index contributed by atoms with van der Waals surface area (Å²) in [5, 5.41) is 6.09. The van der Waals surface area contributed by atoms with Gasteiger partial charge in [-0.3, -0.25) is 10.2 Å². The maximum atomic E-state index is 11.2. The minimum atomic E-state index is -0.586. The lowest BCUT2D eigenvalue weighted by atomic mass is 10.3. The number of carbonyl (C=O) groups excluding carboxylic acids is 1. The maximum Gasteiger partial charge on any atom is 0.437 e. The summed E-state index contributed by atoms with van der Waals surface area (Å²) in [6.45, 7) is 3.50. The second-order valence-corrected chi connectivity index (χ2v) is 4.29. The van der Waals surface area contributed by atoms with Crippen molar-refractivity contribution in [2.75, 3.05) is 5.32 Å². The Bertz CT molecular complexity index is 370. The molecule has 0 heterocycles. The van der Waals surface area contributed by atoms with Crippen molar-refractivity contribution in [3.8, 4) is 0 Å². The maximum absolute atomic E-state index is 11.2. The van der Waals surface area contributed by atoms with Crippen molar-refractivity contribution in [2.24, 2.45) is 5.16 Å². The van der Waals surface area contributed by atoms with Crippen LogP contribution in [0.25, 0.3) is 0 Å². The average molecular weight is 318 g/mol. The molecule has 1 aromatic rings. The third-order valence-corrected chi connectivity index (χ3v) is 2.12. The summed E-state index contributed by atoms with van der Waals surface area (Å²) in [7, 11) is 0. The lowest BCUT2D eigenvalue weighted by Crippen LogP contribution is -2.11. The first-order valence-corrected chi connectivity index (χ1v) is 5.40. The fourth-order valence-electron chi connectivity index (χ4n) is 0.807. The van der Waals surface area contributed by atoms with Crippen LogP contribution in [0, 0.1) is 3.57 Å². The largest absolute Gasteiger partial charge is 0.437 e. The van der Waals surface area contributed by atoms with Crippen molar-refractivity contribution in [3.05, 3.63) is 27.8 Å². The highest BCUT2D eigenvalue weighted by Gasteiger charge is 2.01. The third-order valence-electron chi connectivity index (χ3n) is 1.40. The van der Waals surface area contributed by atoms with Crippen molar-refractivity contribution in [1.29, 1.82) is 0 Å². The molecule has 15 heavy (non-hydrogen) atoms. The van der Waals surface area contributed by atoms with Crippen LogP contribution in [0.5, 0.6) is 0 Å². The van der Waals surface area contributed by atoms with Crippen molar-refractivity contribution in [3.63, 3.8) is 0 Å². The molecule has 0 aromatic heterocycles. The molecule has 5 heteroatoms. The van der Waals surface area contributed by atoms with Gasteiger partial charge < -0.3 is 0 Å². The summed E-state index contributed by atoms with van der Waals surface area (Å²) in [5.74, 6) is 0. The molecule has 0 fully saturated rings. The lowest BCUT2D eigenvalue weighted by Gasteiger charge is -2.02. The zero-order valence-electron chi connectivity index (χ0n) is 8.45. The standard InChI is InChI=1S/C10H11IN2O2/c1-7(2)13-15-10(14)12-9-5-3-8(11)4-6-9/h3-6H,1-2H3,(H,12,14). The van der Waals surface area contributed by atoms with Crippen molar-refractivity contribution in [1.82, 2.24) is 0 Å². The SMILES string of the molecule is CC(C)=NOC(=O)Nc1ccc(I)cc1. The highest BCUT2D eigenvalue weighted by molar-refractivity contribution is 14.1. The topological polar surface area (TPSA) is 50.7 Å². The molecule has 1 N–H and O–H groups in total. The van der Waals surface area contributed by atoms with Gasteiger partial charge in [-0.15, -0.1) is 0 Å². The Labute approximate surface area is 102 Å². The number of nitrogens with one attached hydrogen (secondary N) is 1. The molecule has 0 spiro atoms. The van der Waals surface area contributed by atoms with Gasteiger partial charge in [0.2, 0.25) is 0 Å². The van der Waals surface area contributed by atoms with E-state index < -0.39 is 6.09 Å². The van der Waals surface area contributed by atoms with Gasteiger partial charge in [-0.25, -0.2) is 4.79 Å². The molecule has 0 aliphatic heterocycles. The van der Waals surface area contributed by atoms with E-state index in [-0.39, 0.29) is 0 Å². The zero-order chi connectivity index (χ0) is 11.3. The van der Waals surface area contributed by atoms with Crippen LogP contribution in [0.4, 0.5) is 10.5 Å². The fraction of sp³-hybridized carbons (Fsp3) is 0.200. The van der Waals surface area contributed by atoms with Gasteiger partial charge in [0.15, 0.2) is 0 Å². The molecule has 0 radical (unpaired) electrons. The summed E-state index contributed by atoms with van der Waals surface area (Å²) in [6, 6.07) is 7.38. The van der Waals surface area contributed by atoms with Crippen LogP contribution in [0.1, 0.15) is 13.8 Å². The Morgan fingerprint density at radius 2 is 1.93 bits per heavy atom. The smallest absolute Gasteiger partial charge is 0.298 e.